The van der Waals surface area contributed by atoms with Crippen molar-refractivity contribution in [2.24, 2.45) is 5.92 Å². The minimum absolute atomic E-state index is 0.0498. The zero-order chi connectivity index (χ0) is 17.0. The van der Waals surface area contributed by atoms with E-state index in [0.29, 0.717) is 25.7 Å². The van der Waals surface area contributed by atoms with Crippen molar-refractivity contribution < 1.29 is 27.8 Å². The number of hydrogen-bond acceptors (Lipinski definition) is 3. The Morgan fingerprint density at radius 1 is 1.30 bits per heavy atom. The van der Waals surface area contributed by atoms with E-state index >= 15 is 0 Å². The number of carboxylic acids is 1. The molecule has 0 saturated heterocycles. The van der Waals surface area contributed by atoms with E-state index in [2.05, 4.69) is 5.32 Å². The van der Waals surface area contributed by atoms with E-state index in [1.165, 1.54) is 19.2 Å². The summed E-state index contributed by atoms with van der Waals surface area (Å²) in [5.74, 6) is -0.958. The molecule has 1 saturated carbocycles. The maximum absolute atomic E-state index is 13.1. The number of ether oxygens (including phenoxy) is 1. The van der Waals surface area contributed by atoms with Crippen molar-refractivity contribution in [3.8, 4) is 5.75 Å². The van der Waals surface area contributed by atoms with Gasteiger partial charge in [0.05, 0.1) is 18.6 Å². The Bertz CT molecular complexity index is 552. The number of nitrogens with one attached hydrogen (secondary N) is 1. The molecule has 0 radical (unpaired) electrons. The lowest BCUT2D eigenvalue weighted by Gasteiger charge is -2.27. The third kappa shape index (κ3) is 4.60. The zero-order valence-corrected chi connectivity index (χ0v) is 12.8. The second-order valence-electron chi connectivity index (χ2n) is 5.79. The van der Waals surface area contributed by atoms with Crippen LogP contribution < -0.4 is 10.1 Å². The molecule has 23 heavy (non-hydrogen) atoms. The topological polar surface area (TPSA) is 58.6 Å². The van der Waals surface area contributed by atoms with E-state index < -0.39 is 17.7 Å². The maximum atomic E-state index is 13.1. The van der Waals surface area contributed by atoms with Gasteiger partial charge in [0, 0.05) is 12.6 Å². The normalized spacial score (nSPS) is 21.9. The van der Waals surface area contributed by atoms with Crippen LogP contribution in [0.1, 0.15) is 36.8 Å². The molecule has 1 aromatic carbocycles. The Hall–Kier alpha value is -1.76. The van der Waals surface area contributed by atoms with Gasteiger partial charge in [0.2, 0.25) is 0 Å². The van der Waals surface area contributed by atoms with E-state index in [1.54, 1.807) is 0 Å². The van der Waals surface area contributed by atoms with Crippen LogP contribution in [0.3, 0.4) is 0 Å². The average Bonchev–Trinajstić information content (AvgIpc) is 2.52. The van der Waals surface area contributed by atoms with Gasteiger partial charge < -0.3 is 15.2 Å². The van der Waals surface area contributed by atoms with Gasteiger partial charge in [0.1, 0.15) is 5.75 Å². The Kier molecular flexibility index (Phi) is 5.51. The van der Waals surface area contributed by atoms with Crippen molar-refractivity contribution in [1.82, 2.24) is 5.32 Å². The fraction of sp³-hybridized carbons (Fsp3) is 0.562. The molecule has 4 nitrogen and oxygen atoms in total. The van der Waals surface area contributed by atoms with Gasteiger partial charge >= 0.3 is 12.1 Å². The van der Waals surface area contributed by atoms with Crippen molar-refractivity contribution in [1.29, 1.82) is 0 Å². The van der Waals surface area contributed by atoms with Crippen molar-refractivity contribution in [3.63, 3.8) is 0 Å². The summed E-state index contributed by atoms with van der Waals surface area (Å²) in [5.41, 5.74) is -0.540. The molecule has 1 aliphatic rings. The first-order chi connectivity index (χ1) is 10.8. The van der Waals surface area contributed by atoms with Gasteiger partial charge in [-0.25, -0.2) is 0 Å². The molecule has 2 rings (SSSR count). The first kappa shape index (κ1) is 17.6. The minimum Gasteiger partial charge on any atom is -0.497 e. The number of halogens is 3. The molecule has 0 heterocycles. The van der Waals surface area contributed by atoms with Gasteiger partial charge in [-0.3, -0.25) is 4.79 Å². The van der Waals surface area contributed by atoms with Crippen LogP contribution in [-0.4, -0.2) is 24.2 Å². The van der Waals surface area contributed by atoms with Crippen molar-refractivity contribution >= 4 is 5.97 Å². The van der Waals surface area contributed by atoms with Gasteiger partial charge in [-0.2, -0.15) is 13.2 Å². The predicted octanol–water partition coefficient (Wildman–Crippen LogP) is 3.45. The highest BCUT2D eigenvalue weighted by Gasteiger charge is 2.34. The molecule has 0 unspecified atom stereocenters. The summed E-state index contributed by atoms with van der Waals surface area (Å²) in [6.07, 6.45) is -2.00. The lowest BCUT2D eigenvalue weighted by atomic mass is 9.86. The van der Waals surface area contributed by atoms with E-state index in [4.69, 9.17) is 9.84 Å². The molecule has 1 aromatic rings. The Balaban J connectivity index is 2.00. The van der Waals surface area contributed by atoms with Crippen molar-refractivity contribution in [3.05, 3.63) is 29.3 Å². The van der Waals surface area contributed by atoms with Crippen molar-refractivity contribution in [2.75, 3.05) is 7.11 Å². The molecule has 7 heteroatoms. The summed E-state index contributed by atoms with van der Waals surface area (Å²) in [4.78, 5) is 10.9. The molecule has 0 spiro atoms. The number of rotatable bonds is 5. The smallest absolute Gasteiger partial charge is 0.416 e. The number of carbonyl (C=O) groups is 1. The van der Waals surface area contributed by atoms with Crippen LogP contribution in [0, 0.1) is 5.92 Å². The standard InChI is InChI=1S/C16H20F3NO3/c1-23-13-7-4-11(14(8-13)16(17,18)19)9-20-12-5-2-10(3-6-12)15(21)22/h4,7-8,10,12,20H,2-3,5-6,9H2,1H3,(H,21,22). The predicted molar refractivity (Wildman–Crippen MR) is 78.2 cm³/mol. The highest BCUT2D eigenvalue weighted by molar-refractivity contribution is 5.70. The molecule has 0 aromatic heterocycles. The molecule has 2 N–H and O–H groups in total. The number of benzene rings is 1. The monoisotopic (exact) mass is 331 g/mol. The molecule has 1 aliphatic carbocycles. The average molecular weight is 331 g/mol. The highest BCUT2D eigenvalue weighted by atomic mass is 19.4. The summed E-state index contributed by atoms with van der Waals surface area (Å²) in [6.45, 7) is 0.0985. The van der Waals surface area contributed by atoms with Crippen LogP contribution >= 0.6 is 0 Å². The maximum Gasteiger partial charge on any atom is 0.416 e. The molecule has 0 aliphatic heterocycles. The fourth-order valence-electron chi connectivity index (χ4n) is 2.90. The molecule has 128 valence electrons. The number of carboxylic acid groups (broad SMARTS) is 1. The molecule has 1 fully saturated rings. The molecular weight excluding hydrogens is 311 g/mol. The number of aliphatic carboxylic acids is 1. The lowest BCUT2D eigenvalue weighted by Crippen LogP contribution is -2.35. The SMILES string of the molecule is COc1ccc(CNC2CCC(C(=O)O)CC2)c(C(F)(F)F)c1. The molecule has 0 bridgehead atoms. The second kappa shape index (κ2) is 7.21. The molecule has 0 amide bonds. The zero-order valence-electron chi connectivity index (χ0n) is 12.8. The van der Waals surface area contributed by atoms with Gasteiger partial charge in [-0.1, -0.05) is 6.07 Å². The summed E-state index contributed by atoms with van der Waals surface area (Å²) < 4.78 is 44.2. The van der Waals surface area contributed by atoms with Gasteiger partial charge in [0.15, 0.2) is 0 Å². The van der Waals surface area contributed by atoms with Crippen LogP contribution in [0.4, 0.5) is 13.2 Å². The summed E-state index contributed by atoms with van der Waals surface area (Å²) in [7, 11) is 1.33. The van der Waals surface area contributed by atoms with Crippen molar-refractivity contribution in [2.45, 2.75) is 44.4 Å². The van der Waals surface area contributed by atoms with E-state index in [0.717, 1.165) is 6.07 Å². The summed E-state index contributed by atoms with van der Waals surface area (Å²) in [5, 5.41) is 12.1. The number of hydrogen-bond donors (Lipinski definition) is 2. The van der Waals surface area contributed by atoms with Crippen LogP contribution in [0.15, 0.2) is 18.2 Å². The highest BCUT2D eigenvalue weighted by Crippen LogP contribution is 2.34. The number of methoxy groups -OCH3 is 1. The second-order valence-corrected chi connectivity index (χ2v) is 5.79. The molecular formula is C16H20F3NO3. The quantitative estimate of drug-likeness (QED) is 0.868. The Morgan fingerprint density at radius 2 is 1.96 bits per heavy atom. The first-order valence-electron chi connectivity index (χ1n) is 7.51. The number of alkyl halides is 3. The lowest BCUT2D eigenvalue weighted by molar-refractivity contribution is -0.143. The Labute approximate surface area is 132 Å². The third-order valence-electron chi connectivity index (χ3n) is 4.28. The largest absolute Gasteiger partial charge is 0.497 e. The van der Waals surface area contributed by atoms with Crippen LogP contribution in [-0.2, 0) is 17.5 Å². The van der Waals surface area contributed by atoms with Gasteiger partial charge in [0.25, 0.3) is 0 Å². The third-order valence-corrected chi connectivity index (χ3v) is 4.28. The van der Waals surface area contributed by atoms with Crippen LogP contribution in [0.5, 0.6) is 5.75 Å². The minimum atomic E-state index is -4.44. The van der Waals surface area contributed by atoms with E-state index in [-0.39, 0.29) is 29.8 Å². The van der Waals surface area contributed by atoms with Crippen LogP contribution in [0.25, 0.3) is 0 Å². The fourth-order valence-corrected chi connectivity index (χ4v) is 2.90. The molecule has 0 atom stereocenters. The van der Waals surface area contributed by atoms with Crippen LogP contribution in [0.2, 0.25) is 0 Å². The van der Waals surface area contributed by atoms with Gasteiger partial charge in [-0.15, -0.1) is 0 Å². The van der Waals surface area contributed by atoms with E-state index in [1.807, 2.05) is 0 Å². The Morgan fingerprint density at radius 3 is 2.48 bits per heavy atom. The summed E-state index contributed by atoms with van der Waals surface area (Å²) >= 11 is 0. The first-order valence-corrected chi connectivity index (χ1v) is 7.51. The van der Waals surface area contributed by atoms with E-state index in [9.17, 15) is 18.0 Å². The van der Waals surface area contributed by atoms with Gasteiger partial charge in [-0.05, 0) is 43.4 Å². The summed E-state index contributed by atoms with van der Waals surface area (Å²) in [6, 6.07) is 3.97.